The summed E-state index contributed by atoms with van der Waals surface area (Å²) in [4.78, 5) is 49.0. The van der Waals surface area contributed by atoms with E-state index in [2.05, 4.69) is 27.0 Å². The van der Waals surface area contributed by atoms with Crippen LogP contribution in [0.1, 0.15) is 29.0 Å². The highest BCUT2D eigenvalue weighted by atomic mass is 35.5. The molecule has 1 aliphatic rings. The van der Waals surface area contributed by atoms with Crippen LogP contribution in [0.25, 0.3) is 11.0 Å². The van der Waals surface area contributed by atoms with Gasteiger partial charge in [-0.15, -0.1) is 0 Å². The van der Waals surface area contributed by atoms with Crippen molar-refractivity contribution >= 4 is 51.9 Å². The summed E-state index contributed by atoms with van der Waals surface area (Å²) >= 11 is 6.40. The van der Waals surface area contributed by atoms with Gasteiger partial charge in [-0.1, -0.05) is 31.2 Å². The number of nitrogens with two attached hydrogens (primary N) is 1. The Morgan fingerprint density at radius 1 is 1.28 bits per heavy atom. The van der Waals surface area contributed by atoms with Crippen LogP contribution < -0.4 is 11.1 Å². The number of nitrogen functional groups attached to an aromatic ring is 1. The van der Waals surface area contributed by atoms with Gasteiger partial charge in [-0.25, -0.2) is 14.6 Å². The normalized spacial score (nSPS) is 17.3. The summed E-state index contributed by atoms with van der Waals surface area (Å²) in [6.07, 6.45) is 2.78. The summed E-state index contributed by atoms with van der Waals surface area (Å²) in [6.45, 7) is 6.48. The molecule has 1 aromatic carbocycles. The maximum atomic E-state index is 13.3. The number of likely N-dealkylation sites (tertiary alicyclic amines) is 1. The lowest BCUT2D eigenvalue weighted by atomic mass is 10.1. The SMILES string of the molecule is C=CC(=O)N1C[C@H](C)[C@@H](n2nc(C(=O)Nc3ccc(CC(=O)N(C)C)cc3Cl)c3c(N)ncnc32)C1. The van der Waals surface area contributed by atoms with E-state index in [0.29, 0.717) is 29.8 Å². The number of carbonyl (C=O) groups is 3. The lowest BCUT2D eigenvalue weighted by molar-refractivity contribution is -0.128. The first-order chi connectivity index (χ1) is 17.1. The molecule has 12 heteroatoms. The maximum absolute atomic E-state index is 13.3. The summed E-state index contributed by atoms with van der Waals surface area (Å²) in [7, 11) is 3.36. The number of fused-ring (bicyclic) bond motifs is 1. The first-order valence-electron chi connectivity index (χ1n) is 11.3. The lowest BCUT2D eigenvalue weighted by Crippen LogP contribution is -2.27. The van der Waals surface area contributed by atoms with Crippen LogP contribution in [-0.2, 0) is 16.0 Å². The number of nitrogens with one attached hydrogen (secondary N) is 1. The van der Waals surface area contributed by atoms with E-state index in [4.69, 9.17) is 17.3 Å². The van der Waals surface area contributed by atoms with Crippen LogP contribution in [0, 0.1) is 5.92 Å². The van der Waals surface area contributed by atoms with Crippen molar-refractivity contribution in [1.29, 1.82) is 0 Å². The Balaban J connectivity index is 1.65. The second kappa shape index (κ2) is 9.94. The summed E-state index contributed by atoms with van der Waals surface area (Å²) in [5.74, 6) is -0.604. The molecule has 3 N–H and O–H groups in total. The Hall–Kier alpha value is -3.99. The Bertz CT molecular complexity index is 1370. The van der Waals surface area contributed by atoms with Gasteiger partial charge in [0, 0.05) is 27.2 Å². The summed E-state index contributed by atoms with van der Waals surface area (Å²) in [5, 5.41) is 7.94. The molecule has 1 fully saturated rings. The van der Waals surface area contributed by atoms with Crippen molar-refractivity contribution in [1.82, 2.24) is 29.5 Å². The fourth-order valence-corrected chi connectivity index (χ4v) is 4.50. The van der Waals surface area contributed by atoms with Crippen molar-refractivity contribution in [2.75, 3.05) is 38.2 Å². The van der Waals surface area contributed by atoms with Crippen LogP contribution in [0.3, 0.4) is 0 Å². The largest absolute Gasteiger partial charge is 0.383 e. The molecule has 0 unspecified atom stereocenters. The molecule has 0 spiro atoms. The molecule has 3 heterocycles. The average Bonchev–Trinajstić information content (AvgIpc) is 3.41. The van der Waals surface area contributed by atoms with Crippen molar-refractivity contribution in [2.24, 2.45) is 5.92 Å². The Labute approximate surface area is 212 Å². The Kier molecular flexibility index (Phi) is 6.93. The van der Waals surface area contributed by atoms with Crippen LogP contribution in [0.15, 0.2) is 37.2 Å². The van der Waals surface area contributed by atoms with Gasteiger partial charge in [0.25, 0.3) is 5.91 Å². The van der Waals surface area contributed by atoms with Gasteiger partial charge in [0.05, 0.1) is 28.6 Å². The molecule has 11 nitrogen and oxygen atoms in total. The molecule has 0 aliphatic carbocycles. The van der Waals surface area contributed by atoms with Gasteiger partial charge >= 0.3 is 0 Å². The molecule has 1 saturated heterocycles. The molecule has 3 amide bonds. The number of likely N-dealkylation sites (N-methyl/N-ethyl adjacent to an activating group) is 1. The fraction of sp³-hybridized carbons (Fsp3) is 0.333. The van der Waals surface area contributed by atoms with Crippen LogP contribution in [0.4, 0.5) is 11.5 Å². The number of benzene rings is 1. The summed E-state index contributed by atoms with van der Waals surface area (Å²) in [6, 6.07) is 4.78. The zero-order chi connectivity index (χ0) is 26.1. The topological polar surface area (TPSA) is 139 Å². The van der Waals surface area contributed by atoms with Gasteiger partial charge in [-0.3, -0.25) is 14.4 Å². The van der Waals surface area contributed by atoms with Crippen molar-refractivity contribution in [3.05, 3.63) is 53.5 Å². The number of carbonyl (C=O) groups excluding carboxylic acids is 3. The number of amides is 3. The van der Waals surface area contributed by atoms with Gasteiger partial charge < -0.3 is 20.9 Å². The molecule has 188 valence electrons. The number of rotatable bonds is 6. The number of hydrogen-bond acceptors (Lipinski definition) is 7. The van der Waals surface area contributed by atoms with Crippen LogP contribution in [0.5, 0.6) is 0 Å². The zero-order valence-corrected chi connectivity index (χ0v) is 21.0. The minimum absolute atomic E-state index is 0.0479. The van der Waals surface area contributed by atoms with E-state index in [0.717, 1.165) is 5.56 Å². The smallest absolute Gasteiger partial charge is 0.277 e. The van der Waals surface area contributed by atoms with Crippen LogP contribution in [0.2, 0.25) is 5.02 Å². The molecule has 0 bridgehead atoms. The molecule has 0 saturated carbocycles. The monoisotopic (exact) mass is 510 g/mol. The number of halogens is 1. The van der Waals surface area contributed by atoms with Gasteiger partial charge in [0.15, 0.2) is 11.3 Å². The third kappa shape index (κ3) is 4.74. The Morgan fingerprint density at radius 2 is 2.03 bits per heavy atom. The van der Waals surface area contributed by atoms with E-state index in [1.165, 1.54) is 17.3 Å². The molecule has 2 aromatic heterocycles. The summed E-state index contributed by atoms with van der Waals surface area (Å²) in [5.41, 5.74) is 7.66. The highest BCUT2D eigenvalue weighted by Crippen LogP contribution is 2.33. The first-order valence-corrected chi connectivity index (χ1v) is 11.7. The average molecular weight is 511 g/mol. The van der Waals surface area contributed by atoms with Crippen LogP contribution >= 0.6 is 11.6 Å². The molecular weight excluding hydrogens is 484 g/mol. The van der Waals surface area contributed by atoms with Gasteiger partial charge in [0.1, 0.15) is 12.1 Å². The molecule has 36 heavy (non-hydrogen) atoms. The van der Waals surface area contributed by atoms with Crippen molar-refractivity contribution < 1.29 is 14.4 Å². The molecular formula is C24H27ClN8O3. The second-order valence-electron chi connectivity index (χ2n) is 8.98. The molecule has 1 aliphatic heterocycles. The first kappa shape index (κ1) is 25.1. The van der Waals surface area contributed by atoms with E-state index in [9.17, 15) is 14.4 Å². The molecule has 4 rings (SSSR count). The second-order valence-corrected chi connectivity index (χ2v) is 9.38. The predicted octanol–water partition coefficient (Wildman–Crippen LogP) is 2.15. The number of nitrogens with zero attached hydrogens (tertiary/aromatic N) is 6. The summed E-state index contributed by atoms with van der Waals surface area (Å²) < 4.78 is 1.64. The van der Waals surface area contributed by atoms with E-state index < -0.39 is 5.91 Å². The number of anilines is 2. The van der Waals surface area contributed by atoms with Crippen molar-refractivity contribution in [3.63, 3.8) is 0 Å². The van der Waals surface area contributed by atoms with E-state index in [-0.39, 0.29) is 46.7 Å². The van der Waals surface area contributed by atoms with E-state index >= 15 is 0 Å². The standard InChI is InChI=1S/C24H27ClN8O3/c1-5-18(34)32-10-13(2)17(11-32)33-23-20(22(26)27-12-28-23)21(30-33)24(36)29-16-7-6-14(8-15(16)25)9-19(35)31(3)4/h5-8,12-13,17H,1,9-11H2,2-4H3,(H,29,36)(H2,26,27,28)/t13-,17-/m0/s1. The fourth-order valence-electron chi connectivity index (χ4n) is 4.25. The zero-order valence-electron chi connectivity index (χ0n) is 20.2. The third-order valence-corrected chi connectivity index (χ3v) is 6.55. The highest BCUT2D eigenvalue weighted by molar-refractivity contribution is 6.34. The quantitative estimate of drug-likeness (QED) is 0.484. The third-order valence-electron chi connectivity index (χ3n) is 6.24. The van der Waals surface area contributed by atoms with Crippen molar-refractivity contribution in [3.8, 4) is 0 Å². The minimum Gasteiger partial charge on any atom is -0.383 e. The number of aromatic nitrogens is 4. The van der Waals surface area contributed by atoms with Gasteiger partial charge in [-0.2, -0.15) is 5.10 Å². The molecule has 3 aromatic rings. The molecule has 0 radical (unpaired) electrons. The van der Waals surface area contributed by atoms with E-state index in [1.54, 1.807) is 41.9 Å². The molecule has 2 atom stereocenters. The van der Waals surface area contributed by atoms with E-state index in [1.807, 2.05) is 6.92 Å². The predicted molar refractivity (Wildman–Crippen MR) is 137 cm³/mol. The van der Waals surface area contributed by atoms with Gasteiger partial charge in [0.2, 0.25) is 11.8 Å². The van der Waals surface area contributed by atoms with Crippen LogP contribution in [-0.4, -0.2) is 74.5 Å². The lowest BCUT2D eigenvalue weighted by Gasteiger charge is -2.15. The number of hydrogen-bond donors (Lipinski definition) is 2. The Morgan fingerprint density at radius 3 is 2.69 bits per heavy atom. The highest BCUT2D eigenvalue weighted by Gasteiger charge is 2.36. The van der Waals surface area contributed by atoms with Crippen molar-refractivity contribution in [2.45, 2.75) is 19.4 Å². The minimum atomic E-state index is -0.538. The maximum Gasteiger partial charge on any atom is 0.277 e. The van der Waals surface area contributed by atoms with Gasteiger partial charge in [-0.05, 0) is 29.7 Å².